The molecule has 0 unspecified atom stereocenters. The monoisotopic (exact) mass is 309 g/mol. The highest BCUT2D eigenvalue weighted by molar-refractivity contribution is 8.23. The highest BCUT2D eigenvalue weighted by atomic mass is 32.2. The number of carbonyl (C=O) groups excluding carboxylic acids is 1. The number of rotatable bonds is 3. The van der Waals surface area contributed by atoms with Gasteiger partial charge in [0.05, 0.1) is 0 Å². The number of nitrogens with zero attached hydrogens (tertiary/aromatic N) is 1. The first-order chi connectivity index (χ1) is 9.72. The van der Waals surface area contributed by atoms with E-state index < -0.39 is 0 Å². The Labute approximate surface area is 131 Å². The Kier molecular flexibility index (Phi) is 7.85. The highest BCUT2D eigenvalue weighted by Crippen LogP contribution is 2.28. The number of ketones is 1. The van der Waals surface area contributed by atoms with Crippen molar-refractivity contribution >= 4 is 34.1 Å². The van der Waals surface area contributed by atoms with Crippen molar-refractivity contribution in [2.75, 3.05) is 13.1 Å². The summed E-state index contributed by atoms with van der Waals surface area (Å²) in [5.41, 5.74) is 0.798. The van der Waals surface area contributed by atoms with Gasteiger partial charge in [-0.1, -0.05) is 63.0 Å². The average molecular weight is 310 g/mol. The minimum absolute atomic E-state index is 0.183. The van der Waals surface area contributed by atoms with E-state index in [1.165, 1.54) is 12.8 Å². The maximum Gasteiger partial charge on any atom is 0.163 e. The standard InChI is InChI=1S/C14H17NOS2.C2H6/c1-2-12(16)11-7-3-4-8-13(11)18-14(17)15-9-5-6-10-15;1-2/h3-4,7-8H,2,5-6,9-10H2,1H3;1-2H3. The zero-order chi connectivity index (χ0) is 15.0. The van der Waals surface area contributed by atoms with Gasteiger partial charge in [0.25, 0.3) is 0 Å². The summed E-state index contributed by atoms with van der Waals surface area (Å²) in [5, 5.41) is 0. The molecule has 20 heavy (non-hydrogen) atoms. The lowest BCUT2D eigenvalue weighted by molar-refractivity contribution is 0.0985. The first-order valence-electron chi connectivity index (χ1n) is 7.31. The lowest BCUT2D eigenvalue weighted by Gasteiger charge is -2.18. The summed E-state index contributed by atoms with van der Waals surface area (Å²) in [5.74, 6) is 0.183. The van der Waals surface area contributed by atoms with Gasteiger partial charge in [0.2, 0.25) is 0 Å². The third-order valence-electron chi connectivity index (χ3n) is 3.07. The predicted octanol–water partition coefficient (Wildman–Crippen LogP) is 4.78. The van der Waals surface area contributed by atoms with E-state index in [0.717, 1.165) is 27.9 Å². The summed E-state index contributed by atoms with van der Waals surface area (Å²) in [7, 11) is 0. The number of benzene rings is 1. The van der Waals surface area contributed by atoms with Crippen LogP contribution in [0.2, 0.25) is 0 Å². The van der Waals surface area contributed by atoms with Crippen molar-refractivity contribution in [3.8, 4) is 0 Å². The number of thiocarbonyl (C=S) groups is 1. The van der Waals surface area contributed by atoms with Gasteiger partial charge in [-0.15, -0.1) is 0 Å². The topological polar surface area (TPSA) is 20.3 Å². The summed E-state index contributed by atoms with van der Waals surface area (Å²) in [6.07, 6.45) is 2.97. The smallest absolute Gasteiger partial charge is 0.163 e. The van der Waals surface area contributed by atoms with Crippen LogP contribution < -0.4 is 0 Å². The second-order valence-electron chi connectivity index (χ2n) is 4.34. The summed E-state index contributed by atoms with van der Waals surface area (Å²) in [6, 6.07) is 7.74. The minimum atomic E-state index is 0.183. The van der Waals surface area contributed by atoms with Crippen molar-refractivity contribution in [2.24, 2.45) is 0 Å². The molecule has 1 aromatic carbocycles. The predicted molar refractivity (Wildman–Crippen MR) is 91.7 cm³/mol. The Morgan fingerprint density at radius 3 is 2.45 bits per heavy atom. The Morgan fingerprint density at radius 1 is 1.25 bits per heavy atom. The van der Waals surface area contributed by atoms with Crippen LogP contribution in [0.15, 0.2) is 29.2 Å². The highest BCUT2D eigenvalue weighted by Gasteiger charge is 2.18. The number of hydrogen-bond donors (Lipinski definition) is 0. The average Bonchev–Trinajstić information content (AvgIpc) is 3.03. The quantitative estimate of drug-likeness (QED) is 0.455. The molecule has 1 aromatic rings. The zero-order valence-corrected chi connectivity index (χ0v) is 14.1. The van der Waals surface area contributed by atoms with E-state index >= 15 is 0 Å². The van der Waals surface area contributed by atoms with Gasteiger partial charge in [-0.25, -0.2) is 0 Å². The first-order valence-corrected chi connectivity index (χ1v) is 8.54. The van der Waals surface area contributed by atoms with Gasteiger partial charge in [0.1, 0.15) is 4.32 Å². The molecule has 0 spiro atoms. The van der Waals surface area contributed by atoms with Gasteiger partial charge in [-0.2, -0.15) is 0 Å². The van der Waals surface area contributed by atoms with Crippen LogP contribution in [0.3, 0.4) is 0 Å². The second kappa shape index (κ2) is 9.14. The molecule has 2 nitrogen and oxygen atoms in total. The van der Waals surface area contributed by atoms with Crippen LogP contribution in [0.25, 0.3) is 0 Å². The third-order valence-corrected chi connectivity index (χ3v) is 4.59. The van der Waals surface area contributed by atoms with Crippen LogP contribution in [-0.2, 0) is 0 Å². The number of likely N-dealkylation sites (tertiary alicyclic amines) is 1. The molecule has 0 bridgehead atoms. The van der Waals surface area contributed by atoms with E-state index in [1.54, 1.807) is 11.8 Å². The van der Waals surface area contributed by atoms with Crippen molar-refractivity contribution in [3.05, 3.63) is 29.8 Å². The van der Waals surface area contributed by atoms with Crippen LogP contribution >= 0.6 is 24.0 Å². The molecule has 0 atom stereocenters. The van der Waals surface area contributed by atoms with Gasteiger partial charge in [0.15, 0.2) is 5.78 Å². The molecular weight excluding hydrogens is 286 g/mol. The largest absolute Gasteiger partial charge is 0.357 e. The summed E-state index contributed by atoms with van der Waals surface area (Å²) >= 11 is 7.00. The number of thioether (sulfide) groups is 1. The van der Waals surface area contributed by atoms with Crippen LogP contribution in [0.1, 0.15) is 50.4 Å². The van der Waals surface area contributed by atoms with Crippen molar-refractivity contribution in [2.45, 2.75) is 44.9 Å². The van der Waals surface area contributed by atoms with Crippen LogP contribution in [-0.4, -0.2) is 28.1 Å². The van der Waals surface area contributed by atoms with E-state index in [0.29, 0.717) is 6.42 Å². The molecule has 2 rings (SSSR count). The third kappa shape index (κ3) is 4.60. The number of Topliss-reactive ketones (excluding diaryl/α,β-unsaturated/α-hetero) is 1. The Balaban J connectivity index is 0.000000956. The van der Waals surface area contributed by atoms with Crippen molar-refractivity contribution < 1.29 is 4.79 Å². The van der Waals surface area contributed by atoms with E-state index in [4.69, 9.17) is 12.2 Å². The minimum Gasteiger partial charge on any atom is -0.357 e. The molecule has 0 radical (unpaired) electrons. The summed E-state index contributed by atoms with van der Waals surface area (Å²) < 4.78 is 0.892. The SMILES string of the molecule is CC.CCC(=O)c1ccccc1SC(=S)N1CCCC1. The molecule has 1 fully saturated rings. The van der Waals surface area contributed by atoms with Crippen LogP contribution in [0.4, 0.5) is 0 Å². The zero-order valence-electron chi connectivity index (χ0n) is 12.5. The van der Waals surface area contributed by atoms with Gasteiger partial charge < -0.3 is 4.90 Å². The Morgan fingerprint density at radius 2 is 1.85 bits per heavy atom. The summed E-state index contributed by atoms with van der Waals surface area (Å²) in [6.45, 7) is 7.99. The fourth-order valence-corrected chi connectivity index (χ4v) is 3.42. The molecule has 1 saturated heterocycles. The van der Waals surface area contributed by atoms with Crippen molar-refractivity contribution in [1.29, 1.82) is 0 Å². The molecule has 0 aliphatic carbocycles. The fraction of sp³-hybridized carbons (Fsp3) is 0.500. The molecule has 4 heteroatoms. The lowest BCUT2D eigenvalue weighted by Crippen LogP contribution is -2.23. The molecule has 110 valence electrons. The second-order valence-corrected chi connectivity index (χ2v) is 6.01. The van der Waals surface area contributed by atoms with E-state index in [2.05, 4.69) is 4.90 Å². The first kappa shape index (κ1) is 17.2. The molecule has 0 N–H and O–H groups in total. The van der Waals surface area contributed by atoms with Gasteiger partial charge in [-0.3, -0.25) is 4.79 Å². The maximum atomic E-state index is 11.9. The molecular formula is C16H23NOS2. The van der Waals surface area contributed by atoms with Crippen molar-refractivity contribution in [3.63, 3.8) is 0 Å². The molecule has 1 heterocycles. The molecule has 0 amide bonds. The van der Waals surface area contributed by atoms with Gasteiger partial charge in [-0.05, 0) is 18.9 Å². The van der Waals surface area contributed by atoms with Gasteiger partial charge in [0, 0.05) is 30.0 Å². The van der Waals surface area contributed by atoms with E-state index in [1.807, 2.05) is 45.0 Å². The maximum absolute atomic E-state index is 11.9. The Bertz CT molecular complexity index is 454. The molecule has 1 aliphatic heterocycles. The van der Waals surface area contributed by atoms with Crippen LogP contribution in [0.5, 0.6) is 0 Å². The van der Waals surface area contributed by atoms with Crippen LogP contribution in [0, 0.1) is 0 Å². The van der Waals surface area contributed by atoms with Crippen molar-refractivity contribution in [1.82, 2.24) is 4.90 Å². The number of carbonyl (C=O) groups is 1. The Hall–Kier alpha value is -0.870. The van der Waals surface area contributed by atoms with E-state index in [9.17, 15) is 4.79 Å². The molecule has 0 aromatic heterocycles. The normalized spacial score (nSPS) is 13.7. The molecule has 1 aliphatic rings. The summed E-state index contributed by atoms with van der Waals surface area (Å²) in [4.78, 5) is 15.1. The number of hydrogen-bond acceptors (Lipinski definition) is 3. The lowest BCUT2D eigenvalue weighted by atomic mass is 10.1. The van der Waals surface area contributed by atoms with Gasteiger partial charge >= 0.3 is 0 Å². The van der Waals surface area contributed by atoms with E-state index in [-0.39, 0.29) is 5.78 Å². The fourth-order valence-electron chi connectivity index (χ4n) is 2.03. The molecule has 0 saturated carbocycles.